The van der Waals surface area contributed by atoms with Crippen LogP contribution in [0.5, 0.6) is 11.6 Å². The zero-order valence-corrected chi connectivity index (χ0v) is 8.07. The number of aromatic carboxylic acids is 1. The number of carboxylic acids is 1. The van der Waals surface area contributed by atoms with E-state index in [1.165, 1.54) is 24.7 Å². The van der Waals surface area contributed by atoms with Crippen LogP contribution in [0.3, 0.4) is 0 Å². The molecule has 0 amide bonds. The van der Waals surface area contributed by atoms with E-state index in [0.717, 1.165) is 0 Å². The van der Waals surface area contributed by atoms with Gasteiger partial charge in [-0.15, -0.1) is 5.10 Å². The molecule has 0 saturated heterocycles. The molecule has 0 aromatic carbocycles. The number of hydrogen-bond donors (Lipinski definition) is 1. The van der Waals surface area contributed by atoms with E-state index in [2.05, 4.69) is 15.2 Å². The van der Waals surface area contributed by atoms with Gasteiger partial charge in [0, 0.05) is 18.5 Å². The molecule has 2 heterocycles. The molecule has 80 valence electrons. The van der Waals surface area contributed by atoms with Crippen molar-refractivity contribution in [2.45, 2.75) is 0 Å². The lowest BCUT2D eigenvalue weighted by Crippen LogP contribution is -1.98. The molecule has 0 radical (unpaired) electrons. The number of aromatic nitrogens is 3. The molecule has 2 aromatic rings. The Morgan fingerprint density at radius 3 is 2.94 bits per heavy atom. The van der Waals surface area contributed by atoms with Crippen molar-refractivity contribution in [3.05, 3.63) is 42.4 Å². The van der Waals surface area contributed by atoms with E-state index < -0.39 is 5.97 Å². The van der Waals surface area contributed by atoms with Gasteiger partial charge in [-0.25, -0.2) is 4.79 Å². The Hall–Kier alpha value is -2.50. The van der Waals surface area contributed by atoms with Crippen LogP contribution >= 0.6 is 0 Å². The zero-order valence-electron chi connectivity index (χ0n) is 8.07. The normalized spacial score (nSPS) is 9.75. The van der Waals surface area contributed by atoms with Crippen molar-refractivity contribution >= 4 is 5.97 Å². The van der Waals surface area contributed by atoms with Crippen molar-refractivity contribution < 1.29 is 14.6 Å². The number of rotatable bonds is 3. The second-order valence-electron chi connectivity index (χ2n) is 2.88. The van der Waals surface area contributed by atoms with E-state index >= 15 is 0 Å². The van der Waals surface area contributed by atoms with Crippen LogP contribution in [0.4, 0.5) is 0 Å². The fraction of sp³-hybridized carbons (Fsp3) is 0. The van der Waals surface area contributed by atoms with Crippen molar-refractivity contribution in [3.8, 4) is 11.6 Å². The van der Waals surface area contributed by atoms with Crippen LogP contribution in [-0.2, 0) is 0 Å². The van der Waals surface area contributed by atoms with Gasteiger partial charge >= 0.3 is 5.97 Å². The van der Waals surface area contributed by atoms with Crippen LogP contribution in [0.15, 0.2) is 36.8 Å². The molecule has 6 heteroatoms. The largest absolute Gasteiger partial charge is 0.478 e. The minimum Gasteiger partial charge on any atom is -0.478 e. The summed E-state index contributed by atoms with van der Waals surface area (Å²) < 4.78 is 5.27. The molecule has 16 heavy (non-hydrogen) atoms. The lowest BCUT2D eigenvalue weighted by Gasteiger charge is -2.03. The average Bonchev–Trinajstić information content (AvgIpc) is 2.30. The summed E-state index contributed by atoms with van der Waals surface area (Å²) in [5.74, 6) is -0.468. The summed E-state index contributed by atoms with van der Waals surface area (Å²) in [6, 6.07) is 4.64. The topological polar surface area (TPSA) is 85.2 Å². The van der Waals surface area contributed by atoms with Crippen molar-refractivity contribution in [1.29, 1.82) is 0 Å². The lowest BCUT2D eigenvalue weighted by atomic mass is 10.3. The maximum Gasteiger partial charge on any atom is 0.337 e. The first-order chi connectivity index (χ1) is 7.75. The third-order valence-corrected chi connectivity index (χ3v) is 1.73. The third kappa shape index (κ3) is 2.30. The van der Waals surface area contributed by atoms with Gasteiger partial charge in [0.2, 0.25) is 5.88 Å². The molecule has 0 bridgehead atoms. The molecule has 6 nitrogen and oxygen atoms in total. The van der Waals surface area contributed by atoms with Gasteiger partial charge in [0.1, 0.15) is 5.75 Å². The molecule has 2 aromatic heterocycles. The highest BCUT2D eigenvalue weighted by molar-refractivity contribution is 5.87. The smallest absolute Gasteiger partial charge is 0.337 e. The Morgan fingerprint density at radius 1 is 1.38 bits per heavy atom. The van der Waals surface area contributed by atoms with Gasteiger partial charge < -0.3 is 9.84 Å². The van der Waals surface area contributed by atoms with Gasteiger partial charge in [0.05, 0.1) is 11.8 Å². The standard InChI is InChI=1S/C10H7N3O3/c14-10(15)7-4-8(6-11-5-7)16-9-2-1-3-12-13-9/h1-6H,(H,14,15). The number of carboxylic acid groups (broad SMARTS) is 1. The average molecular weight is 217 g/mol. The molecule has 1 N–H and O–H groups in total. The SMILES string of the molecule is O=C(O)c1cncc(Oc2cccnn2)c1. The third-order valence-electron chi connectivity index (χ3n) is 1.73. The van der Waals surface area contributed by atoms with Crippen LogP contribution in [0.25, 0.3) is 0 Å². The second-order valence-corrected chi connectivity index (χ2v) is 2.88. The molecular formula is C10H7N3O3. The van der Waals surface area contributed by atoms with Crippen molar-refractivity contribution in [2.75, 3.05) is 0 Å². The van der Waals surface area contributed by atoms with Crippen molar-refractivity contribution in [2.24, 2.45) is 0 Å². The summed E-state index contributed by atoms with van der Waals surface area (Å²) in [5, 5.41) is 16.1. The molecule has 0 aliphatic rings. The van der Waals surface area contributed by atoms with Gasteiger partial charge in [-0.3, -0.25) is 4.98 Å². The Morgan fingerprint density at radius 2 is 2.25 bits per heavy atom. The van der Waals surface area contributed by atoms with E-state index in [1.807, 2.05) is 0 Å². The van der Waals surface area contributed by atoms with E-state index in [1.54, 1.807) is 12.1 Å². The first-order valence-corrected chi connectivity index (χ1v) is 4.39. The van der Waals surface area contributed by atoms with Crippen molar-refractivity contribution in [1.82, 2.24) is 15.2 Å². The van der Waals surface area contributed by atoms with Gasteiger partial charge in [-0.2, -0.15) is 5.10 Å². The quantitative estimate of drug-likeness (QED) is 0.835. The van der Waals surface area contributed by atoms with E-state index in [9.17, 15) is 4.79 Å². The fourth-order valence-corrected chi connectivity index (χ4v) is 1.05. The Labute approximate surface area is 90.6 Å². The number of carbonyl (C=O) groups is 1. The van der Waals surface area contributed by atoms with Crippen LogP contribution < -0.4 is 4.74 Å². The number of hydrogen-bond acceptors (Lipinski definition) is 5. The van der Waals surface area contributed by atoms with Gasteiger partial charge in [0.15, 0.2) is 0 Å². The van der Waals surface area contributed by atoms with Gasteiger partial charge in [0.25, 0.3) is 0 Å². The minimum absolute atomic E-state index is 0.0568. The summed E-state index contributed by atoms with van der Waals surface area (Å²) in [4.78, 5) is 14.4. The maximum absolute atomic E-state index is 10.7. The van der Waals surface area contributed by atoms with Crippen molar-refractivity contribution in [3.63, 3.8) is 0 Å². The van der Waals surface area contributed by atoms with Crippen LogP contribution in [0.1, 0.15) is 10.4 Å². The van der Waals surface area contributed by atoms with E-state index in [4.69, 9.17) is 9.84 Å². The number of nitrogens with zero attached hydrogens (tertiary/aromatic N) is 3. The molecule has 0 spiro atoms. The highest BCUT2D eigenvalue weighted by Gasteiger charge is 2.05. The first kappa shape index (κ1) is 10.0. The summed E-state index contributed by atoms with van der Waals surface area (Å²) in [6.45, 7) is 0. The predicted octanol–water partition coefficient (Wildman–Crippen LogP) is 1.36. The van der Waals surface area contributed by atoms with E-state index in [-0.39, 0.29) is 11.4 Å². The lowest BCUT2D eigenvalue weighted by molar-refractivity contribution is 0.0696. The molecule has 0 saturated carbocycles. The molecular weight excluding hydrogens is 210 g/mol. The Balaban J connectivity index is 2.22. The minimum atomic E-state index is -1.06. The summed E-state index contributed by atoms with van der Waals surface area (Å²) >= 11 is 0. The maximum atomic E-state index is 10.7. The first-order valence-electron chi connectivity index (χ1n) is 4.39. The molecule has 0 unspecified atom stereocenters. The second kappa shape index (κ2) is 4.35. The summed E-state index contributed by atoms with van der Waals surface area (Å²) in [5.41, 5.74) is 0.0568. The summed E-state index contributed by atoms with van der Waals surface area (Å²) in [7, 11) is 0. The highest BCUT2D eigenvalue weighted by Crippen LogP contribution is 2.18. The van der Waals surface area contributed by atoms with Crippen LogP contribution in [0.2, 0.25) is 0 Å². The van der Waals surface area contributed by atoms with Crippen LogP contribution in [-0.4, -0.2) is 26.3 Å². The fourth-order valence-electron chi connectivity index (χ4n) is 1.05. The van der Waals surface area contributed by atoms with Gasteiger partial charge in [-0.05, 0) is 12.1 Å². The Kier molecular flexibility index (Phi) is 2.73. The molecule has 0 aliphatic heterocycles. The molecule has 2 rings (SSSR count). The molecule has 0 fully saturated rings. The zero-order chi connectivity index (χ0) is 11.4. The highest BCUT2D eigenvalue weighted by atomic mass is 16.5. The van der Waals surface area contributed by atoms with E-state index in [0.29, 0.717) is 5.75 Å². The number of ether oxygens (including phenoxy) is 1. The van der Waals surface area contributed by atoms with Crippen LogP contribution in [0, 0.1) is 0 Å². The summed E-state index contributed by atoms with van der Waals surface area (Å²) in [6.07, 6.45) is 4.16. The molecule has 0 aliphatic carbocycles. The Bertz CT molecular complexity index is 502. The number of pyridine rings is 1. The van der Waals surface area contributed by atoms with Gasteiger partial charge in [-0.1, -0.05) is 0 Å². The predicted molar refractivity (Wildman–Crippen MR) is 53.3 cm³/mol. The molecule has 0 atom stereocenters. The monoisotopic (exact) mass is 217 g/mol.